The van der Waals surface area contributed by atoms with Gasteiger partial charge in [-0.3, -0.25) is 4.79 Å². The van der Waals surface area contributed by atoms with Gasteiger partial charge in [-0.25, -0.2) is 0 Å². The number of carbonyl (C=O) groups excluding carboxylic acids is 1. The third-order valence-corrected chi connectivity index (χ3v) is 4.26. The summed E-state index contributed by atoms with van der Waals surface area (Å²) in [6.07, 6.45) is 5.83. The molecule has 1 aliphatic rings. The highest BCUT2D eigenvalue weighted by molar-refractivity contribution is 5.76. The quantitative estimate of drug-likeness (QED) is 0.788. The van der Waals surface area contributed by atoms with Crippen LogP contribution in [0.25, 0.3) is 0 Å². The number of aryl methyl sites for hydroxylation is 1. The number of methoxy groups -OCH3 is 1. The fourth-order valence-electron chi connectivity index (χ4n) is 3.00. The van der Waals surface area contributed by atoms with E-state index in [-0.39, 0.29) is 11.9 Å². The van der Waals surface area contributed by atoms with E-state index in [1.54, 1.807) is 13.4 Å². The summed E-state index contributed by atoms with van der Waals surface area (Å²) in [5, 5.41) is 3.10. The molecule has 0 aliphatic heterocycles. The lowest BCUT2D eigenvalue weighted by molar-refractivity contribution is -0.122. The number of benzene rings is 1. The number of amides is 1. The van der Waals surface area contributed by atoms with Gasteiger partial charge in [-0.15, -0.1) is 0 Å². The molecule has 1 N–H and O–H groups in total. The topological polar surface area (TPSA) is 60.7 Å². The van der Waals surface area contributed by atoms with Crippen molar-refractivity contribution in [1.29, 1.82) is 0 Å². The monoisotopic (exact) mass is 329 g/mol. The first-order valence-corrected chi connectivity index (χ1v) is 8.39. The lowest BCUT2D eigenvalue weighted by Crippen LogP contribution is -2.30. The molecular formula is C19H23NO4. The average Bonchev–Trinajstić information content (AvgIpc) is 3.09. The van der Waals surface area contributed by atoms with Crippen LogP contribution < -0.4 is 14.8 Å². The summed E-state index contributed by atoms with van der Waals surface area (Å²) in [6, 6.07) is 9.48. The average molecular weight is 329 g/mol. The van der Waals surface area contributed by atoms with Crippen LogP contribution in [0.15, 0.2) is 41.0 Å². The third kappa shape index (κ3) is 4.10. The summed E-state index contributed by atoms with van der Waals surface area (Å²) >= 11 is 0. The van der Waals surface area contributed by atoms with E-state index in [0.29, 0.717) is 19.4 Å². The van der Waals surface area contributed by atoms with Gasteiger partial charge in [0.25, 0.3) is 0 Å². The molecular weight excluding hydrogens is 306 g/mol. The standard InChI is InChI=1S/C19H23NO4/c1-22-14-7-9-15(10-8-14)23-12-3-6-19(21)20-17-4-2-5-18-16(17)11-13-24-18/h7-11,13,17H,2-6,12H2,1H3,(H,20,21). The number of fused-ring (bicyclic) bond motifs is 1. The van der Waals surface area contributed by atoms with Gasteiger partial charge >= 0.3 is 0 Å². The van der Waals surface area contributed by atoms with Crippen LogP contribution >= 0.6 is 0 Å². The second-order valence-electron chi connectivity index (χ2n) is 5.94. The van der Waals surface area contributed by atoms with Gasteiger partial charge in [0.2, 0.25) is 5.91 Å². The van der Waals surface area contributed by atoms with Crippen molar-refractivity contribution < 1.29 is 18.7 Å². The lowest BCUT2D eigenvalue weighted by atomic mass is 9.93. The molecule has 0 radical (unpaired) electrons. The minimum absolute atomic E-state index is 0.0624. The Bertz CT molecular complexity index is 662. The number of hydrogen-bond acceptors (Lipinski definition) is 4. The Balaban J connectivity index is 1.39. The SMILES string of the molecule is COc1ccc(OCCCC(=O)NC2CCCc3occc32)cc1. The summed E-state index contributed by atoms with van der Waals surface area (Å²) in [7, 11) is 1.63. The zero-order valence-electron chi connectivity index (χ0n) is 13.9. The van der Waals surface area contributed by atoms with E-state index in [0.717, 1.165) is 42.1 Å². The first-order valence-electron chi connectivity index (χ1n) is 8.39. The molecule has 0 spiro atoms. The Kier molecular flexibility index (Phi) is 5.41. The highest BCUT2D eigenvalue weighted by Gasteiger charge is 2.23. The molecule has 1 heterocycles. The molecule has 1 aliphatic carbocycles. The van der Waals surface area contributed by atoms with Crippen LogP contribution in [0.1, 0.15) is 43.0 Å². The first kappa shape index (κ1) is 16.4. The predicted molar refractivity (Wildman–Crippen MR) is 90.3 cm³/mol. The van der Waals surface area contributed by atoms with Crippen molar-refractivity contribution in [1.82, 2.24) is 5.32 Å². The minimum Gasteiger partial charge on any atom is -0.497 e. The maximum Gasteiger partial charge on any atom is 0.220 e. The number of rotatable bonds is 7. The van der Waals surface area contributed by atoms with E-state index >= 15 is 0 Å². The van der Waals surface area contributed by atoms with Crippen LogP contribution in [0.2, 0.25) is 0 Å². The van der Waals surface area contributed by atoms with E-state index < -0.39 is 0 Å². The maximum absolute atomic E-state index is 12.1. The van der Waals surface area contributed by atoms with E-state index in [9.17, 15) is 4.79 Å². The van der Waals surface area contributed by atoms with E-state index in [1.165, 1.54) is 0 Å². The molecule has 0 fully saturated rings. The van der Waals surface area contributed by atoms with Crippen LogP contribution in [0, 0.1) is 0 Å². The fraction of sp³-hybridized carbons (Fsp3) is 0.421. The summed E-state index contributed by atoms with van der Waals surface area (Å²) in [4.78, 5) is 12.1. The normalized spacial score (nSPS) is 16.3. The summed E-state index contributed by atoms with van der Waals surface area (Å²) in [5.74, 6) is 2.65. The Morgan fingerprint density at radius 2 is 2.04 bits per heavy atom. The molecule has 0 saturated heterocycles. The second kappa shape index (κ2) is 7.90. The molecule has 0 bridgehead atoms. The largest absolute Gasteiger partial charge is 0.497 e. The number of nitrogens with one attached hydrogen (secondary N) is 1. The Morgan fingerprint density at radius 3 is 2.83 bits per heavy atom. The Labute approximate surface area is 141 Å². The van der Waals surface area contributed by atoms with Crippen molar-refractivity contribution in [2.45, 2.75) is 38.1 Å². The zero-order chi connectivity index (χ0) is 16.8. The predicted octanol–water partition coefficient (Wildman–Crippen LogP) is 3.64. The van der Waals surface area contributed by atoms with Gasteiger partial charge in [-0.2, -0.15) is 0 Å². The first-order chi connectivity index (χ1) is 11.8. The number of furan rings is 1. The van der Waals surface area contributed by atoms with Gasteiger partial charge in [0.05, 0.1) is 26.0 Å². The van der Waals surface area contributed by atoms with Crippen LogP contribution in [0.3, 0.4) is 0 Å². The zero-order valence-corrected chi connectivity index (χ0v) is 13.9. The molecule has 1 unspecified atom stereocenters. The smallest absolute Gasteiger partial charge is 0.220 e. The van der Waals surface area contributed by atoms with Gasteiger partial charge in [-0.05, 0) is 49.6 Å². The number of hydrogen-bond donors (Lipinski definition) is 1. The van der Waals surface area contributed by atoms with Crippen molar-refractivity contribution in [2.24, 2.45) is 0 Å². The maximum atomic E-state index is 12.1. The molecule has 0 saturated carbocycles. The van der Waals surface area contributed by atoms with Crippen molar-refractivity contribution in [3.05, 3.63) is 47.9 Å². The molecule has 1 aromatic heterocycles. The van der Waals surface area contributed by atoms with Crippen molar-refractivity contribution in [3.63, 3.8) is 0 Å². The van der Waals surface area contributed by atoms with Gasteiger partial charge < -0.3 is 19.2 Å². The highest BCUT2D eigenvalue weighted by Crippen LogP contribution is 2.30. The van der Waals surface area contributed by atoms with Gasteiger partial charge in [0, 0.05) is 18.4 Å². The molecule has 128 valence electrons. The van der Waals surface area contributed by atoms with E-state index in [2.05, 4.69) is 5.32 Å². The highest BCUT2D eigenvalue weighted by atomic mass is 16.5. The van der Waals surface area contributed by atoms with Gasteiger partial charge in [0.15, 0.2) is 0 Å². The van der Waals surface area contributed by atoms with Crippen molar-refractivity contribution in [3.8, 4) is 11.5 Å². The van der Waals surface area contributed by atoms with Crippen molar-refractivity contribution >= 4 is 5.91 Å². The van der Waals surface area contributed by atoms with E-state index in [1.807, 2.05) is 30.3 Å². The van der Waals surface area contributed by atoms with Crippen LogP contribution in [0.5, 0.6) is 11.5 Å². The summed E-state index contributed by atoms with van der Waals surface area (Å²) in [5.41, 5.74) is 1.13. The Hall–Kier alpha value is -2.43. The summed E-state index contributed by atoms with van der Waals surface area (Å²) in [6.45, 7) is 0.515. The second-order valence-corrected chi connectivity index (χ2v) is 5.94. The van der Waals surface area contributed by atoms with Gasteiger partial charge in [0.1, 0.15) is 17.3 Å². The molecule has 2 aromatic rings. The Morgan fingerprint density at radius 1 is 1.25 bits per heavy atom. The van der Waals surface area contributed by atoms with E-state index in [4.69, 9.17) is 13.9 Å². The van der Waals surface area contributed by atoms with Crippen LogP contribution in [-0.4, -0.2) is 19.6 Å². The van der Waals surface area contributed by atoms with Crippen molar-refractivity contribution in [2.75, 3.05) is 13.7 Å². The third-order valence-electron chi connectivity index (χ3n) is 4.26. The van der Waals surface area contributed by atoms with Crippen LogP contribution in [0.4, 0.5) is 0 Å². The molecule has 1 atom stereocenters. The molecule has 5 nitrogen and oxygen atoms in total. The fourth-order valence-corrected chi connectivity index (χ4v) is 3.00. The minimum atomic E-state index is 0.0624. The summed E-state index contributed by atoms with van der Waals surface area (Å²) < 4.78 is 16.2. The number of ether oxygens (including phenoxy) is 2. The van der Waals surface area contributed by atoms with Crippen LogP contribution in [-0.2, 0) is 11.2 Å². The molecule has 1 amide bonds. The molecule has 1 aromatic carbocycles. The number of carbonyl (C=O) groups is 1. The van der Waals surface area contributed by atoms with Gasteiger partial charge in [-0.1, -0.05) is 0 Å². The molecule has 24 heavy (non-hydrogen) atoms. The molecule has 5 heteroatoms. The molecule has 3 rings (SSSR count). The lowest BCUT2D eigenvalue weighted by Gasteiger charge is -2.22.